The first-order valence-corrected chi connectivity index (χ1v) is 11.3. The molecule has 0 aromatic heterocycles. The molecular formula is C24H24N2O3S. The summed E-state index contributed by atoms with van der Waals surface area (Å²) in [7, 11) is -3.67. The van der Waals surface area contributed by atoms with Crippen molar-refractivity contribution >= 4 is 27.3 Å². The van der Waals surface area contributed by atoms with Gasteiger partial charge in [0.1, 0.15) is 0 Å². The van der Waals surface area contributed by atoms with E-state index in [1.165, 1.54) is 4.31 Å². The number of nitrogens with zero attached hydrogens (tertiary/aromatic N) is 1. The molecule has 0 saturated heterocycles. The highest BCUT2D eigenvalue weighted by atomic mass is 32.2. The fraction of sp³-hybridized carbons (Fsp3) is 0.208. The number of carbonyl (C=O) groups is 1. The Morgan fingerprint density at radius 1 is 0.933 bits per heavy atom. The van der Waals surface area contributed by atoms with Gasteiger partial charge >= 0.3 is 0 Å². The molecule has 1 heterocycles. The van der Waals surface area contributed by atoms with E-state index in [0.29, 0.717) is 17.7 Å². The summed E-state index contributed by atoms with van der Waals surface area (Å²) in [6.45, 7) is 5.80. The molecule has 1 atom stereocenters. The molecule has 5 nitrogen and oxygen atoms in total. The number of fused-ring (bicyclic) bond motifs is 1. The van der Waals surface area contributed by atoms with Gasteiger partial charge in [-0.2, -0.15) is 0 Å². The Balaban J connectivity index is 1.62. The lowest BCUT2D eigenvalue weighted by Gasteiger charge is -2.24. The second-order valence-corrected chi connectivity index (χ2v) is 9.65. The molecule has 0 unspecified atom stereocenters. The van der Waals surface area contributed by atoms with E-state index < -0.39 is 10.0 Å². The largest absolute Gasteiger partial charge is 0.322 e. The van der Waals surface area contributed by atoms with Crippen LogP contribution in [-0.4, -0.2) is 20.4 Å². The van der Waals surface area contributed by atoms with Gasteiger partial charge in [0.25, 0.3) is 15.9 Å². The minimum absolute atomic E-state index is 0.214. The minimum atomic E-state index is -3.67. The van der Waals surface area contributed by atoms with E-state index in [4.69, 9.17) is 0 Å². The highest BCUT2D eigenvalue weighted by molar-refractivity contribution is 7.92. The predicted molar refractivity (Wildman–Crippen MR) is 120 cm³/mol. The Bertz CT molecular complexity index is 1200. The summed E-state index contributed by atoms with van der Waals surface area (Å²) < 4.78 is 28.0. The van der Waals surface area contributed by atoms with Crippen molar-refractivity contribution in [3.05, 3.63) is 89.0 Å². The maximum Gasteiger partial charge on any atom is 0.264 e. The zero-order valence-electron chi connectivity index (χ0n) is 17.2. The summed E-state index contributed by atoms with van der Waals surface area (Å²) in [5.41, 5.74) is 4.85. The standard InChI is InChI=1S/C24H24N2O3S/c1-16-4-9-21(10-5-16)25-24(27)19-8-13-23-20(15-19)14-18(3)26(23)30(28,29)22-11-6-17(2)7-12-22/h4-13,15,18H,14H2,1-3H3,(H,25,27)/t18-/m0/s1. The highest BCUT2D eigenvalue weighted by Crippen LogP contribution is 2.37. The fourth-order valence-corrected chi connectivity index (χ4v) is 5.47. The molecule has 0 fully saturated rings. The van der Waals surface area contributed by atoms with Crippen LogP contribution < -0.4 is 9.62 Å². The van der Waals surface area contributed by atoms with Crippen molar-refractivity contribution in [3.8, 4) is 0 Å². The Hall–Kier alpha value is -3.12. The van der Waals surface area contributed by atoms with E-state index in [-0.39, 0.29) is 16.8 Å². The number of benzene rings is 3. The topological polar surface area (TPSA) is 66.5 Å². The van der Waals surface area contributed by atoms with Gasteiger partial charge in [-0.1, -0.05) is 35.4 Å². The molecule has 0 bridgehead atoms. The second-order valence-electron chi connectivity index (χ2n) is 7.83. The predicted octanol–water partition coefficient (Wildman–Crippen LogP) is 4.70. The monoisotopic (exact) mass is 420 g/mol. The third-order valence-corrected chi connectivity index (χ3v) is 7.32. The number of anilines is 2. The number of hydrogen-bond donors (Lipinski definition) is 1. The number of aryl methyl sites for hydroxylation is 2. The minimum Gasteiger partial charge on any atom is -0.322 e. The van der Waals surface area contributed by atoms with Crippen LogP contribution in [0.3, 0.4) is 0 Å². The zero-order chi connectivity index (χ0) is 21.5. The first kappa shape index (κ1) is 20.2. The van der Waals surface area contributed by atoms with E-state index in [2.05, 4.69) is 5.32 Å². The summed E-state index contributed by atoms with van der Waals surface area (Å²) in [5.74, 6) is -0.214. The number of nitrogens with one attached hydrogen (secondary N) is 1. The lowest BCUT2D eigenvalue weighted by atomic mass is 10.1. The molecule has 154 valence electrons. The van der Waals surface area contributed by atoms with Crippen LogP contribution in [0.2, 0.25) is 0 Å². The van der Waals surface area contributed by atoms with E-state index in [0.717, 1.165) is 22.4 Å². The molecular weight excluding hydrogens is 396 g/mol. The average Bonchev–Trinajstić information content (AvgIpc) is 3.05. The molecule has 30 heavy (non-hydrogen) atoms. The quantitative estimate of drug-likeness (QED) is 0.666. The van der Waals surface area contributed by atoms with Crippen LogP contribution in [0.4, 0.5) is 11.4 Å². The highest BCUT2D eigenvalue weighted by Gasteiger charge is 2.36. The summed E-state index contributed by atoms with van der Waals surface area (Å²) in [4.78, 5) is 12.9. The normalized spacial score (nSPS) is 15.7. The summed E-state index contributed by atoms with van der Waals surface area (Å²) >= 11 is 0. The van der Waals surface area contributed by atoms with Crippen LogP contribution in [0.1, 0.15) is 34.0 Å². The molecule has 0 saturated carbocycles. The zero-order valence-corrected chi connectivity index (χ0v) is 18.0. The third kappa shape index (κ3) is 3.71. The third-order valence-electron chi connectivity index (χ3n) is 5.38. The van der Waals surface area contributed by atoms with Gasteiger partial charge in [-0.3, -0.25) is 9.10 Å². The lowest BCUT2D eigenvalue weighted by Crippen LogP contribution is -2.35. The fourth-order valence-electron chi connectivity index (χ4n) is 3.77. The number of hydrogen-bond acceptors (Lipinski definition) is 3. The van der Waals surface area contributed by atoms with Crippen molar-refractivity contribution in [2.24, 2.45) is 0 Å². The second kappa shape index (κ2) is 7.61. The van der Waals surface area contributed by atoms with Gasteiger partial charge in [0.05, 0.1) is 10.6 Å². The molecule has 4 rings (SSSR count). The van der Waals surface area contributed by atoms with E-state index >= 15 is 0 Å². The van der Waals surface area contributed by atoms with Gasteiger partial charge in [-0.15, -0.1) is 0 Å². The van der Waals surface area contributed by atoms with Gasteiger partial charge < -0.3 is 5.32 Å². The van der Waals surface area contributed by atoms with Crippen molar-refractivity contribution in [3.63, 3.8) is 0 Å². The van der Waals surface area contributed by atoms with Gasteiger partial charge in [0.2, 0.25) is 0 Å². The molecule has 3 aromatic carbocycles. The Labute approximate surface area is 177 Å². The molecule has 0 radical (unpaired) electrons. The number of sulfonamides is 1. The maximum atomic E-state index is 13.3. The van der Waals surface area contributed by atoms with Crippen LogP contribution >= 0.6 is 0 Å². The van der Waals surface area contributed by atoms with Crippen molar-refractivity contribution in [1.82, 2.24) is 0 Å². The van der Waals surface area contributed by atoms with Crippen LogP contribution in [0.5, 0.6) is 0 Å². The first-order valence-electron chi connectivity index (χ1n) is 9.88. The van der Waals surface area contributed by atoms with Crippen LogP contribution in [0.25, 0.3) is 0 Å². The van der Waals surface area contributed by atoms with E-state index in [9.17, 15) is 13.2 Å². The Morgan fingerprint density at radius 2 is 1.53 bits per heavy atom. The smallest absolute Gasteiger partial charge is 0.264 e. The molecule has 6 heteroatoms. The van der Waals surface area contributed by atoms with Gasteiger partial charge in [-0.05, 0) is 75.2 Å². The SMILES string of the molecule is Cc1ccc(NC(=O)c2ccc3c(c2)C[C@H](C)N3S(=O)(=O)c2ccc(C)cc2)cc1. The van der Waals surface area contributed by atoms with Gasteiger partial charge in [0.15, 0.2) is 0 Å². The van der Waals surface area contributed by atoms with Crippen molar-refractivity contribution in [2.45, 2.75) is 38.1 Å². The van der Waals surface area contributed by atoms with E-state index in [1.807, 2.05) is 45.0 Å². The molecule has 3 aromatic rings. The van der Waals surface area contributed by atoms with Crippen molar-refractivity contribution < 1.29 is 13.2 Å². The van der Waals surface area contributed by atoms with E-state index in [1.54, 1.807) is 42.5 Å². The number of carbonyl (C=O) groups excluding carboxylic acids is 1. The number of amides is 1. The first-order chi connectivity index (χ1) is 14.3. The molecule has 1 aliphatic rings. The number of rotatable bonds is 4. The Kier molecular flexibility index (Phi) is 5.12. The average molecular weight is 421 g/mol. The Morgan fingerprint density at radius 3 is 2.17 bits per heavy atom. The summed E-state index contributed by atoms with van der Waals surface area (Å²) in [5, 5.41) is 2.89. The van der Waals surface area contributed by atoms with Gasteiger partial charge in [0, 0.05) is 17.3 Å². The molecule has 0 spiro atoms. The molecule has 1 amide bonds. The maximum absolute atomic E-state index is 13.3. The summed E-state index contributed by atoms with van der Waals surface area (Å²) in [6, 6.07) is 19.4. The molecule has 1 aliphatic heterocycles. The van der Waals surface area contributed by atoms with Crippen LogP contribution in [0, 0.1) is 13.8 Å². The summed E-state index contributed by atoms with van der Waals surface area (Å²) in [6.07, 6.45) is 0.562. The van der Waals surface area contributed by atoms with Crippen LogP contribution in [-0.2, 0) is 16.4 Å². The van der Waals surface area contributed by atoms with Crippen LogP contribution in [0.15, 0.2) is 71.6 Å². The lowest BCUT2D eigenvalue weighted by molar-refractivity contribution is 0.102. The van der Waals surface area contributed by atoms with Crippen molar-refractivity contribution in [1.29, 1.82) is 0 Å². The van der Waals surface area contributed by atoms with Crippen molar-refractivity contribution in [2.75, 3.05) is 9.62 Å². The molecule has 1 N–H and O–H groups in total. The van der Waals surface area contributed by atoms with Gasteiger partial charge in [-0.25, -0.2) is 8.42 Å². The molecule has 0 aliphatic carbocycles.